The first-order valence-electron chi connectivity index (χ1n) is 11.6. The van der Waals surface area contributed by atoms with Crippen molar-refractivity contribution in [3.8, 4) is 5.75 Å². The van der Waals surface area contributed by atoms with Crippen LogP contribution in [-0.2, 0) is 24.5 Å². The van der Waals surface area contributed by atoms with Crippen molar-refractivity contribution in [1.82, 2.24) is 9.80 Å². The number of methoxy groups -OCH3 is 1. The van der Waals surface area contributed by atoms with E-state index in [4.69, 9.17) is 9.47 Å². The van der Waals surface area contributed by atoms with Crippen molar-refractivity contribution in [2.24, 2.45) is 0 Å². The maximum atomic E-state index is 14.3. The molecule has 1 spiro atoms. The molecule has 5 rings (SSSR count). The van der Waals surface area contributed by atoms with E-state index < -0.39 is 11.5 Å². The predicted octanol–water partition coefficient (Wildman–Crippen LogP) is 2.13. The molecule has 1 saturated heterocycles. The molecule has 3 amide bonds. The predicted molar refractivity (Wildman–Crippen MR) is 126 cm³/mol. The number of ether oxygens (including phenoxy) is 2. The normalized spacial score (nSPS) is 24.4. The van der Waals surface area contributed by atoms with Gasteiger partial charge in [-0.1, -0.05) is 30.3 Å². The first-order chi connectivity index (χ1) is 16.5. The van der Waals surface area contributed by atoms with Crippen molar-refractivity contribution < 1.29 is 23.9 Å². The Balaban J connectivity index is 1.71. The van der Waals surface area contributed by atoms with Crippen molar-refractivity contribution in [2.45, 2.75) is 24.3 Å². The molecule has 8 heteroatoms. The standard InChI is InChI=1S/C26H29N3O5/c1-27-12-6-14-34-19-8-5-7-18(15-19)24-26(11-13-28(24)23(31)17-33-2)20-9-3-4-10-21(20)29(25(26)32)16-22(27)30/h3-5,7-10,15,24H,6,11-14,16-17H2,1-2H3/t24-,26+/m0/s1. The molecule has 178 valence electrons. The molecule has 3 aliphatic rings. The highest BCUT2D eigenvalue weighted by molar-refractivity contribution is 6.12. The molecule has 8 nitrogen and oxygen atoms in total. The van der Waals surface area contributed by atoms with Gasteiger partial charge in [0.25, 0.3) is 0 Å². The van der Waals surface area contributed by atoms with Crippen molar-refractivity contribution in [2.75, 3.05) is 51.9 Å². The molecule has 3 aliphatic heterocycles. The monoisotopic (exact) mass is 463 g/mol. The number of nitrogens with zero attached hydrogens (tertiary/aromatic N) is 3. The number of likely N-dealkylation sites (N-methyl/N-ethyl adjacent to an activating group) is 1. The number of hydrogen-bond donors (Lipinski definition) is 0. The average Bonchev–Trinajstić information content (AvgIpc) is 3.35. The fourth-order valence-corrected chi connectivity index (χ4v) is 5.63. The SMILES string of the molecule is COCC(=O)N1CC[C@]23C(=O)N(CC(=O)N(C)CCCOc4cccc(c4)[C@H]12)c1ccccc13. The van der Waals surface area contributed by atoms with Gasteiger partial charge in [0.2, 0.25) is 17.7 Å². The number of para-hydroxylation sites is 1. The first-order valence-corrected chi connectivity index (χ1v) is 11.6. The van der Waals surface area contributed by atoms with Gasteiger partial charge in [-0.3, -0.25) is 14.4 Å². The smallest absolute Gasteiger partial charge is 0.249 e. The van der Waals surface area contributed by atoms with Gasteiger partial charge in [-0.05, 0) is 42.2 Å². The minimum Gasteiger partial charge on any atom is -0.494 e. The van der Waals surface area contributed by atoms with Crippen LogP contribution in [0.2, 0.25) is 0 Å². The molecule has 0 aliphatic carbocycles. The average molecular weight is 464 g/mol. The highest BCUT2D eigenvalue weighted by atomic mass is 16.5. The highest BCUT2D eigenvalue weighted by Crippen LogP contribution is 2.56. The largest absolute Gasteiger partial charge is 0.494 e. The summed E-state index contributed by atoms with van der Waals surface area (Å²) in [5.41, 5.74) is 1.45. The third-order valence-corrected chi connectivity index (χ3v) is 7.22. The van der Waals surface area contributed by atoms with E-state index >= 15 is 0 Å². The van der Waals surface area contributed by atoms with Crippen molar-refractivity contribution >= 4 is 23.4 Å². The summed E-state index contributed by atoms with van der Waals surface area (Å²) in [7, 11) is 3.24. The number of rotatable bonds is 2. The van der Waals surface area contributed by atoms with Crippen LogP contribution < -0.4 is 9.64 Å². The summed E-state index contributed by atoms with van der Waals surface area (Å²) in [6.07, 6.45) is 1.14. The van der Waals surface area contributed by atoms with E-state index in [0.29, 0.717) is 38.3 Å². The van der Waals surface area contributed by atoms with Crippen LogP contribution in [0.5, 0.6) is 5.75 Å². The molecule has 4 bridgehead atoms. The molecule has 34 heavy (non-hydrogen) atoms. The number of hydrogen-bond acceptors (Lipinski definition) is 5. The number of carbonyl (C=O) groups is 3. The lowest BCUT2D eigenvalue weighted by atomic mass is 9.72. The Hall–Kier alpha value is -3.39. The molecular formula is C26H29N3O5. The highest BCUT2D eigenvalue weighted by Gasteiger charge is 2.61. The molecule has 0 radical (unpaired) electrons. The van der Waals surface area contributed by atoms with Crippen LogP contribution in [0.25, 0.3) is 0 Å². The van der Waals surface area contributed by atoms with Gasteiger partial charge in [-0.2, -0.15) is 0 Å². The van der Waals surface area contributed by atoms with Crippen molar-refractivity contribution in [1.29, 1.82) is 0 Å². The van der Waals surface area contributed by atoms with Gasteiger partial charge < -0.3 is 24.2 Å². The fourth-order valence-electron chi connectivity index (χ4n) is 5.63. The van der Waals surface area contributed by atoms with E-state index in [9.17, 15) is 14.4 Å². The Morgan fingerprint density at radius 3 is 2.79 bits per heavy atom. The summed E-state index contributed by atoms with van der Waals surface area (Å²) >= 11 is 0. The number of benzene rings is 2. The molecule has 2 atom stereocenters. The summed E-state index contributed by atoms with van der Waals surface area (Å²) < 4.78 is 11.1. The number of anilines is 1. The van der Waals surface area contributed by atoms with E-state index in [-0.39, 0.29) is 30.9 Å². The maximum absolute atomic E-state index is 14.3. The summed E-state index contributed by atoms with van der Waals surface area (Å²) in [4.78, 5) is 45.5. The van der Waals surface area contributed by atoms with Crippen LogP contribution in [0, 0.1) is 0 Å². The minimum absolute atomic E-state index is 0.0340. The van der Waals surface area contributed by atoms with Crippen molar-refractivity contribution in [3.05, 3.63) is 59.7 Å². The Bertz CT molecular complexity index is 1130. The fraction of sp³-hybridized carbons (Fsp3) is 0.423. The van der Waals surface area contributed by atoms with Gasteiger partial charge in [0.1, 0.15) is 24.3 Å². The molecule has 0 unspecified atom stereocenters. The number of carbonyl (C=O) groups excluding carboxylic acids is 3. The van der Waals surface area contributed by atoms with Crippen LogP contribution >= 0.6 is 0 Å². The van der Waals surface area contributed by atoms with Gasteiger partial charge in [-0.15, -0.1) is 0 Å². The number of fused-ring (bicyclic) bond motifs is 6. The van der Waals surface area contributed by atoms with Crippen molar-refractivity contribution in [3.63, 3.8) is 0 Å². The lowest BCUT2D eigenvalue weighted by Crippen LogP contribution is -2.48. The van der Waals surface area contributed by atoms with E-state index in [1.54, 1.807) is 21.7 Å². The van der Waals surface area contributed by atoms with Crippen LogP contribution in [0.3, 0.4) is 0 Å². The second-order valence-corrected chi connectivity index (χ2v) is 9.14. The Morgan fingerprint density at radius 1 is 1.15 bits per heavy atom. The molecular weight excluding hydrogens is 434 g/mol. The lowest BCUT2D eigenvalue weighted by molar-refractivity contribution is -0.138. The van der Waals surface area contributed by atoms with Crippen LogP contribution in [0.1, 0.15) is 30.0 Å². The van der Waals surface area contributed by atoms with E-state index in [1.165, 1.54) is 7.11 Å². The zero-order valence-corrected chi connectivity index (χ0v) is 19.5. The second kappa shape index (κ2) is 8.76. The third kappa shape index (κ3) is 3.44. The summed E-state index contributed by atoms with van der Waals surface area (Å²) in [6, 6.07) is 14.8. The Kier molecular flexibility index (Phi) is 5.77. The topological polar surface area (TPSA) is 79.4 Å². The molecule has 2 aromatic rings. The molecule has 1 fully saturated rings. The third-order valence-electron chi connectivity index (χ3n) is 7.22. The number of amides is 3. The zero-order chi connectivity index (χ0) is 23.9. The Morgan fingerprint density at radius 2 is 1.97 bits per heavy atom. The molecule has 0 N–H and O–H groups in total. The maximum Gasteiger partial charge on any atom is 0.249 e. The second-order valence-electron chi connectivity index (χ2n) is 9.14. The summed E-state index contributed by atoms with van der Waals surface area (Å²) in [5.74, 6) is 0.242. The molecule has 0 aromatic heterocycles. The molecule has 3 heterocycles. The van der Waals surface area contributed by atoms with E-state index in [2.05, 4.69) is 0 Å². The lowest BCUT2D eigenvalue weighted by Gasteiger charge is -2.35. The van der Waals surface area contributed by atoms with Gasteiger partial charge in [-0.25, -0.2) is 0 Å². The van der Waals surface area contributed by atoms with E-state index in [1.807, 2.05) is 48.5 Å². The Labute approximate surface area is 199 Å². The van der Waals surface area contributed by atoms with Crippen LogP contribution in [0.15, 0.2) is 48.5 Å². The quantitative estimate of drug-likeness (QED) is 0.682. The number of likely N-dealkylation sites (tertiary alicyclic amines) is 1. The molecule has 2 aromatic carbocycles. The van der Waals surface area contributed by atoms with E-state index in [0.717, 1.165) is 16.8 Å². The summed E-state index contributed by atoms with van der Waals surface area (Å²) in [5, 5.41) is 0. The minimum atomic E-state index is -0.985. The summed E-state index contributed by atoms with van der Waals surface area (Å²) in [6.45, 7) is 1.32. The van der Waals surface area contributed by atoms with Gasteiger partial charge in [0, 0.05) is 32.9 Å². The first kappa shape index (κ1) is 22.4. The van der Waals surface area contributed by atoms with Crippen LogP contribution in [-0.4, -0.2) is 74.5 Å². The zero-order valence-electron chi connectivity index (χ0n) is 19.5. The molecule has 0 saturated carbocycles. The van der Waals surface area contributed by atoms with Gasteiger partial charge in [0.05, 0.1) is 12.6 Å². The van der Waals surface area contributed by atoms with Crippen LogP contribution in [0.4, 0.5) is 5.69 Å². The van der Waals surface area contributed by atoms with Gasteiger partial charge >= 0.3 is 0 Å². The van der Waals surface area contributed by atoms with Gasteiger partial charge in [0.15, 0.2) is 0 Å².